The Balaban J connectivity index is 2.26. The van der Waals surface area contributed by atoms with Crippen LogP contribution in [0.3, 0.4) is 0 Å². The maximum atomic E-state index is 12.6. The molecule has 2 aromatic heterocycles. The summed E-state index contributed by atoms with van der Waals surface area (Å²) in [6.07, 6.45) is 1.63. The van der Waals surface area contributed by atoms with E-state index in [2.05, 4.69) is 4.98 Å². The third-order valence-electron chi connectivity index (χ3n) is 4.09. The fourth-order valence-electron chi connectivity index (χ4n) is 2.79. The molecule has 0 aliphatic heterocycles. The Morgan fingerprint density at radius 1 is 1.18 bits per heavy atom. The number of halogens is 2. The highest BCUT2D eigenvalue weighted by atomic mass is 35.5. The van der Waals surface area contributed by atoms with E-state index in [0.29, 0.717) is 17.1 Å². The first-order chi connectivity index (χ1) is 13.3. The normalized spacial score (nSPS) is 10.7. The highest BCUT2D eigenvalue weighted by Crippen LogP contribution is 2.32. The molecule has 8 heteroatoms. The Morgan fingerprint density at radius 3 is 2.50 bits per heavy atom. The number of pyridine rings is 2. The van der Waals surface area contributed by atoms with Crippen LogP contribution in [0.4, 0.5) is 0 Å². The van der Waals surface area contributed by atoms with Gasteiger partial charge in [0.2, 0.25) is 17.2 Å². The van der Waals surface area contributed by atoms with Gasteiger partial charge in [-0.25, -0.2) is 9.78 Å². The lowest BCUT2D eigenvalue weighted by molar-refractivity contribution is 0.0695. The van der Waals surface area contributed by atoms with Crippen LogP contribution in [0.2, 0.25) is 10.0 Å². The molecule has 0 spiro atoms. The summed E-state index contributed by atoms with van der Waals surface area (Å²) in [5, 5.41) is 10.2. The number of carbonyl (C=O) groups is 1. The van der Waals surface area contributed by atoms with Crippen molar-refractivity contribution in [3.63, 3.8) is 0 Å². The van der Waals surface area contributed by atoms with Crippen LogP contribution in [-0.2, 0) is 6.54 Å². The molecule has 0 aliphatic rings. The first-order valence-electron chi connectivity index (χ1n) is 8.39. The molecule has 1 N–H and O–H groups in total. The monoisotopic (exact) mass is 418 g/mol. The van der Waals surface area contributed by atoms with E-state index in [1.807, 2.05) is 19.9 Å². The number of aromatic carboxylic acids is 1. The predicted molar refractivity (Wildman–Crippen MR) is 108 cm³/mol. The molecule has 0 fully saturated rings. The first-order valence-corrected chi connectivity index (χ1v) is 9.14. The van der Waals surface area contributed by atoms with Crippen LogP contribution in [0.15, 0.2) is 47.4 Å². The van der Waals surface area contributed by atoms with E-state index in [1.165, 1.54) is 6.07 Å². The Morgan fingerprint density at radius 2 is 1.93 bits per heavy atom. The maximum Gasteiger partial charge on any atom is 0.341 e. The van der Waals surface area contributed by atoms with Crippen molar-refractivity contribution in [3.05, 3.63) is 74.0 Å². The summed E-state index contributed by atoms with van der Waals surface area (Å²) >= 11 is 12.1. The van der Waals surface area contributed by atoms with Crippen molar-refractivity contribution in [2.45, 2.75) is 20.4 Å². The predicted octanol–water partition coefficient (Wildman–Crippen LogP) is 5.04. The lowest BCUT2D eigenvalue weighted by Gasteiger charge is -2.19. The largest absolute Gasteiger partial charge is 0.477 e. The van der Waals surface area contributed by atoms with Gasteiger partial charge in [0.25, 0.3) is 0 Å². The lowest BCUT2D eigenvalue weighted by Crippen LogP contribution is -2.21. The zero-order valence-corrected chi connectivity index (χ0v) is 16.6. The number of ether oxygens (including phenoxy) is 1. The summed E-state index contributed by atoms with van der Waals surface area (Å²) in [6, 6.07) is 9.31. The SMILES string of the molecule is CCn1c(Oc2ccc(C)cn2)cc(=O)c(C(=O)O)c1-c1ccc(Cl)c(Cl)c1. The minimum absolute atomic E-state index is 0.176. The number of hydrogen-bond acceptors (Lipinski definition) is 4. The van der Waals surface area contributed by atoms with E-state index in [1.54, 1.807) is 29.0 Å². The van der Waals surface area contributed by atoms with Gasteiger partial charge < -0.3 is 14.4 Å². The maximum absolute atomic E-state index is 12.6. The quantitative estimate of drug-likeness (QED) is 0.627. The fraction of sp³-hybridized carbons (Fsp3) is 0.150. The van der Waals surface area contributed by atoms with Crippen molar-refractivity contribution in [1.29, 1.82) is 0 Å². The summed E-state index contributed by atoms with van der Waals surface area (Å²) in [6.45, 7) is 4.05. The van der Waals surface area contributed by atoms with Crippen LogP contribution in [0.25, 0.3) is 11.3 Å². The third kappa shape index (κ3) is 3.88. The third-order valence-corrected chi connectivity index (χ3v) is 4.83. The number of carboxylic acid groups (broad SMARTS) is 1. The van der Waals surface area contributed by atoms with Crippen LogP contribution < -0.4 is 10.2 Å². The molecule has 0 unspecified atom stereocenters. The molecule has 28 heavy (non-hydrogen) atoms. The number of nitrogens with zero attached hydrogens (tertiary/aromatic N) is 2. The van der Waals surface area contributed by atoms with Gasteiger partial charge in [-0.15, -0.1) is 0 Å². The summed E-state index contributed by atoms with van der Waals surface area (Å²) in [7, 11) is 0. The minimum Gasteiger partial charge on any atom is -0.477 e. The van der Waals surface area contributed by atoms with Crippen LogP contribution in [0.1, 0.15) is 22.8 Å². The van der Waals surface area contributed by atoms with E-state index in [0.717, 1.165) is 11.6 Å². The number of benzene rings is 1. The number of rotatable bonds is 5. The first kappa shape index (κ1) is 19.9. The summed E-state index contributed by atoms with van der Waals surface area (Å²) in [4.78, 5) is 28.6. The standard InChI is InChI=1S/C20H16Cl2N2O4/c1-3-24-17(28-16-7-4-11(2)10-23-16)9-15(25)18(20(26)27)19(24)12-5-6-13(21)14(22)8-12/h4-10H,3H2,1-2H3,(H,26,27). The van der Waals surface area contributed by atoms with Gasteiger partial charge in [0.05, 0.1) is 15.7 Å². The van der Waals surface area contributed by atoms with Gasteiger partial charge in [-0.1, -0.05) is 35.3 Å². The molecule has 0 bridgehead atoms. The van der Waals surface area contributed by atoms with Gasteiger partial charge >= 0.3 is 5.97 Å². The Kier molecular flexibility index (Phi) is 5.72. The summed E-state index contributed by atoms with van der Waals surface area (Å²) in [5.74, 6) is -0.876. The smallest absolute Gasteiger partial charge is 0.341 e. The van der Waals surface area contributed by atoms with Gasteiger partial charge in [-0.2, -0.15) is 0 Å². The van der Waals surface area contributed by atoms with Gasteiger partial charge in [0.1, 0.15) is 5.56 Å². The molecule has 3 aromatic rings. The Hall–Kier alpha value is -2.83. The van der Waals surface area contributed by atoms with Crippen molar-refractivity contribution in [1.82, 2.24) is 9.55 Å². The molecule has 0 aliphatic carbocycles. The topological polar surface area (TPSA) is 81.4 Å². The van der Waals surface area contributed by atoms with E-state index < -0.39 is 11.4 Å². The van der Waals surface area contributed by atoms with Crippen molar-refractivity contribution in [3.8, 4) is 23.0 Å². The molecule has 2 heterocycles. The molecule has 0 radical (unpaired) electrons. The molecule has 0 saturated carbocycles. The van der Waals surface area contributed by atoms with Crippen LogP contribution in [0.5, 0.6) is 11.8 Å². The number of hydrogen-bond donors (Lipinski definition) is 1. The number of carboxylic acids is 1. The van der Waals surface area contributed by atoms with E-state index in [-0.39, 0.29) is 28.0 Å². The zero-order chi connectivity index (χ0) is 20.4. The highest BCUT2D eigenvalue weighted by molar-refractivity contribution is 6.42. The molecule has 144 valence electrons. The summed E-state index contributed by atoms with van der Waals surface area (Å²) in [5.41, 5.74) is 0.527. The van der Waals surface area contributed by atoms with E-state index >= 15 is 0 Å². The van der Waals surface area contributed by atoms with Crippen molar-refractivity contribution < 1.29 is 14.6 Å². The van der Waals surface area contributed by atoms with Gasteiger partial charge in [-0.3, -0.25) is 4.79 Å². The second kappa shape index (κ2) is 8.04. The lowest BCUT2D eigenvalue weighted by atomic mass is 10.0. The average Bonchev–Trinajstić information content (AvgIpc) is 2.65. The highest BCUT2D eigenvalue weighted by Gasteiger charge is 2.23. The molecule has 3 rings (SSSR count). The van der Waals surface area contributed by atoms with E-state index in [9.17, 15) is 14.7 Å². The number of aryl methyl sites for hydroxylation is 1. The molecular formula is C20H16Cl2N2O4. The fourth-order valence-corrected chi connectivity index (χ4v) is 3.09. The molecule has 1 aromatic carbocycles. The molecule has 0 atom stereocenters. The Bertz CT molecular complexity index is 1110. The Labute approximate surface area is 170 Å². The van der Waals surface area contributed by atoms with Crippen molar-refractivity contribution in [2.24, 2.45) is 0 Å². The van der Waals surface area contributed by atoms with E-state index in [4.69, 9.17) is 27.9 Å². The molecule has 0 saturated heterocycles. The summed E-state index contributed by atoms with van der Waals surface area (Å²) < 4.78 is 7.38. The number of aromatic nitrogens is 2. The van der Waals surface area contributed by atoms with Gasteiger partial charge in [-0.05, 0) is 31.5 Å². The minimum atomic E-state index is -1.34. The van der Waals surface area contributed by atoms with Crippen molar-refractivity contribution >= 4 is 29.2 Å². The van der Waals surface area contributed by atoms with Gasteiger partial charge in [0, 0.05) is 30.4 Å². The van der Waals surface area contributed by atoms with Crippen LogP contribution in [0, 0.1) is 6.92 Å². The van der Waals surface area contributed by atoms with Gasteiger partial charge in [0.15, 0.2) is 0 Å². The average molecular weight is 419 g/mol. The second-order valence-corrected chi connectivity index (χ2v) is 6.84. The molecular weight excluding hydrogens is 403 g/mol. The zero-order valence-electron chi connectivity index (χ0n) is 15.1. The molecule has 0 amide bonds. The van der Waals surface area contributed by atoms with Crippen LogP contribution >= 0.6 is 23.2 Å². The molecule has 6 nitrogen and oxygen atoms in total. The second-order valence-electron chi connectivity index (χ2n) is 6.02. The van der Waals surface area contributed by atoms with Crippen LogP contribution in [-0.4, -0.2) is 20.6 Å². The van der Waals surface area contributed by atoms with Crippen molar-refractivity contribution in [2.75, 3.05) is 0 Å².